The summed E-state index contributed by atoms with van der Waals surface area (Å²) in [4.78, 5) is 26.1. The zero-order chi connectivity index (χ0) is 13.3. The van der Waals surface area contributed by atoms with Crippen LogP contribution in [0.25, 0.3) is 0 Å². The number of rotatable bonds is 1. The summed E-state index contributed by atoms with van der Waals surface area (Å²) in [7, 11) is 0. The Kier molecular flexibility index (Phi) is 3.48. The van der Waals surface area contributed by atoms with E-state index in [4.69, 9.17) is 0 Å². The predicted octanol–water partition coefficient (Wildman–Crippen LogP) is 0.257. The highest BCUT2D eigenvalue weighted by molar-refractivity contribution is 5.89. The van der Waals surface area contributed by atoms with Crippen molar-refractivity contribution in [2.45, 2.75) is 44.1 Å². The van der Waals surface area contributed by atoms with Gasteiger partial charge >= 0.3 is 0 Å². The SMILES string of the molecule is O=C1CC(C(=O)N2CCNCC23CCCCC3)CN1. The first-order valence-corrected chi connectivity index (χ1v) is 7.50. The van der Waals surface area contributed by atoms with E-state index in [1.165, 1.54) is 19.3 Å². The Morgan fingerprint density at radius 2 is 2.05 bits per heavy atom. The second-order valence-corrected chi connectivity index (χ2v) is 6.16. The van der Waals surface area contributed by atoms with E-state index in [9.17, 15) is 9.59 Å². The van der Waals surface area contributed by atoms with E-state index in [0.717, 1.165) is 32.5 Å². The molecule has 2 heterocycles. The van der Waals surface area contributed by atoms with Gasteiger partial charge in [0.05, 0.1) is 11.5 Å². The first-order chi connectivity index (χ1) is 9.21. The van der Waals surface area contributed by atoms with Gasteiger partial charge in [-0.05, 0) is 12.8 Å². The second-order valence-electron chi connectivity index (χ2n) is 6.16. The molecule has 3 fully saturated rings. The summed E-state index contributed by atoms with van der Waals surface area (Å²) in [6, 6.07) is 0. The molecule has 0 aromatic rings. The number of amides is 2. The molecular formula is C14H23N3O2. The lowest BCUT2D eigenvalue weighted by Gasteiger charge is -2.50. The summed E-state index contributed by atoms with van der Waals surface area (Å²) in [5.41, 5.74) is 0.0270. The predicted molar refractivity (Wildman–Crippen MR) is 71.5 cm³/mol. The number of hydrogen-bond donors (Lipinski definition) is 2. The Hall–Kier alpha value is -1.10. The van der Waals surface area contributed by atoms with Crippen molar-refractivity contribution < 1.29 is 9.59 Å². The van der Waals surface area contributed by atoms with Gasteiger partial charge in [-0.2, -0.15) is 0 Å². The standard InChI is InChI=1S/C14H23N3O2/c18-12-8-11(9-16-12)13(19)17-7-6-15-10-14(17)4-2-1-3-5-14/h11,15H,1-10H2,(H,16,18). The molecule has 0 radical (unpaired) electrons. The molecule has 1 saturated carbocycles. The lowest BCUT2D eigenvalue weighted by Crippen LogP contribution is -2.64. The van der Waals surface area contributed by atoms with E-state index in [2.05, 4.69) is 15.5 Å². The van der Waals surface area contributed by atoms with Gasteiger partial charge in [-0.15, -0.1) is 0 Å². The molecule has 0 bridgehead atoms. The first-order valence-electron chi connectivity index (χ1n) is 7.50. The van der Waals surface area contributed by atoms with E-state index in [0.29, 0.717) is 13.0 Å². The maximum absolute atomic E-state index is 12.7. The molecule has 19 heavy (non-hydrogen) atoms. The van der Waals surface area contributed by atoms with Crippen LogP contribution >= 0.6 is 0 Å². The molecule has 2 N–H and O–H groups in total. The van der Waals surface area contributed by atoms with Crippen LogP contribution in [0.1, 0.15) is 38.5 Å². The molecule has 106 valence electrons. The highest BCUT2D eigenvalue weighted by Gasteiger charge is 2.44. The minimum Gasteiger partial charge on any atom is -0.355 e. The quantitative estimate of drug-likeness (QED) is 0.715. The molecule has 5 nitrogen and oxygen atoms in total. The molecule has 2 amide bonds. The number of piperazine rings is 1. The maximum atomic E-state index is 12.7. The van der Waals surface area contributed by atoms with E-state index < -0.39 is 0 Å². The molecule has 1 spiro atoms. The molecule has 2 aliphatic heterocycles. The van der Waals surface area contributed by atoms with Gasteiger partial charge in [-0.25, -0.2) is 0 Å². The molecule has 0 aromatic carbocycles. The number of carbonyl (C=O) groups is 2. The van der Waals surface area contributed by atoms with Gasteiger partial charge in [0.2, 0.25) is 11.8 Å². The Bertz CT molecular complexity index is 369. The van der Waals surface area contributed by atoms with Crippen LogP contribution in [-0.4, -0.2) is 48.4 Å². The van der Waals surface area contributed by atoms with Crippen molar-refractivity contribution in [1.29, 1.82) is 0 Å². The third-order valence-corrected chi connectivity index (χ3v) is 4.92. The van der Waals surface area contributed by atoms with Crippen molar-refractivity contribution in [3.63, 3.8) is 0 Å². The fourth-order valence-electron chi connectivity index (χ4n) is 3.85. The summed E-state index contributed by atoms with van der Waals surface area (Å²) in [6.45, 7) is 3.12. The van der Waals surface area contributed by atoms with Crippen LogP contribution in [0.2, 0.25) is 0 Å². The number of nitrogens with one attached hydrogen (secondary N) is 2. The van der Waals surface area contributed by atoms with Crippen LogP contribution in [-0.2, 0) is 9.59 Å². The van der Waals surface area contributed by atoms with Crippen LogP contribution in [0.15, 0.2) is 0 Å². The highest BCUT2D eigenvalue weighted by atomic mass is 16.2. The maximum Gasteiger partial charge on any atom is 0.228 e. The van der Waals surface area contributed by atoms with Gasteiger partial charge in [-0.1, -0.05) is 19.3 Å². The second kappa shape index (κ2) is 5.12. The molecule has 5 heteroatoms. The van der Waals surface area contributed by atoms with Gasteiger partial charge < -0.3 is 15.5 Å². The lowest BCUT2D eigenvalue weighted by molar-refractivity contribution is -0.145. The molecule has 1 unspecified atom stereocenters. The monoisotopic (exact) mass is 265 g/mol. The average Bonchev–Trinajstić information content (AvgIpc) is 2.86. The van der Waals surface area contributed by atoms with Gasteiger partial charge in [-0.3, -0.25) is 9.59 Å². The van der Waals surface area contributed by atoms with Crippen molar-refractivity contribution in [2.75, 3.05) is 26.2 Å². The van der Waals surface area contributed by atoms with Crippen LogP contribution in [0.5, 0.6) is 0 Å². The Labute approximate surface area is 114 Å². The van der Waals surface area contributed by atoms with Gasteiger partial charge in [0.15, 0.2) is 0 Å². The van der Waals surface area contributed by atoms with Crippen molar-refractivity contribution in [3.05, 3.63) is 0 Å². The summed E-state index contributed by atoms with van der Waals surface area (Å²) in [5, 5.41) is 6.23. The van der Waals surface area contributed by atoms with Crippen LogP contribution in [0, 0.1) is 5.92 Å². The molecular weight excluding hydrogens is 242 g/mol. The van der Waals surface area contributed by atoms with Gasteiger partial charge in [0.1, 0.15) is 0 Å². The third-order valence-electron chi connectivity index (χ3n) is 4.92. The van der Waals surface area contributed by atoms with Crippen molar-refractivity contribution >= 4 is 11.8 Å². The lowest BCUT2D eigenvalue weighted by atomic mass is 9.78. The highest BCUT2D eigenvalue weighted by Crippen LogP contribution is 2.35. The third kappa shape index (κ3) is 2.36. The van der Waals surface area contributed by atoms with Crippen LogP contribution < -0.4 is 10.6 Å². The molecule has 0 aromatic heterocycles. The number of carbonyl (C=O) groups excluding carboxylic acids is 2. The van der Waals surface area contributed by atoms with E-state index in [-0.39, 0.29) is 23.3 Å². The normalized spacial score (nSPS) is 30.4. The number of hydrogen-bond acceptors (Lipinski definition) is 3. The number of nitrogens with zero attached hydrogens (tertiary/aromatic N) is 1. The zero-order valence-electron chi connectivity index (χ0n) is 11.4. The zero-order valence-corrected chi connectivity index (χ0v) is 11.4. The molecule has 1 atom stereocenters. The summed E-state index contributed by atoms with van der Waals surface area (Å²) in [5.74, 6) is 0.0809. The summed E-state index contributed by atoms with van der Waals surface area (Å²) in [6.07, 6.45) is 6.31. The minimum absolute atomic E-state index is 0.0196. The van der Waals surface area contributed by atoms with E-state index >= 15 is 0 Å². The molecule has 1 aliphatic carbocycles. The Morgan fingerprint density at radius 1 is 1.26 bits per heavy atom. The Balaban J connectivity index is 1.76. The van der Waals surface area contributed by atoms with Crippen molar-refractivity contribution in [3.8, 4) is 0 Å². The molecule has 2 saturated heterocycles. The fraction of sp³-hybridized carbons (Fsp3) is 0.857. The summed E-state index contributed by atoms with van der Waals surface area (Å²) < 4.78 is 0. The first kappa shape index (κ1) is 12.9. The van der Waals surface area contributed by atoms with E-state index in [1.807, 2.05) is 0 Å². The average molecular weight is 265 g/mol. The molecule has 3 aliphatic rings. The summed E-state index contributed by atoms with van der Waals surface area (Å²) >= 11 is 0. The van der Waals surface area contributed by atoms with Crippen molar-refractivity contribution in [1.82, 2.24) is 15.5 Å². The van der Waals surface area contributed by atoms with Gasteiger partial charge in [0.25, 0.3) is 0 Å². The minimum atomic E-state index is -0.135. The Morgan fingerprint density at radius 3 is 2.74 bits per heavy atom. The van der Waals surface area contributed by atoms with Crippen molar-refractivity contribution in [2.24, 2.45) is 5.92 Å². The largest absolute Gasteiger partial charge is 0.355 e. The van der Waals surface area contributed by atoms with Gasteiger partial charge in [0, 0.05) is 32.6 Å². The smallest absolute Gasteiger partial charge is 0.228 e. The van der Waals surface area contributed by atoms with E-state index in [1.54, 1.807) is 0 Å². The van der Waals surface area contributed by atoms with Crippen LogP contribution in [0.3, 0.4) is 0 Å². The molecule has 3 rings (SSSR count). The fourth-order valence-corrected chi connectivity index (χ4v) is 3.85. The topological polar surface area (TPSA) is 61.4 Å². The van der Waals surface area contributed by atoms with Crippen LogP contribution in [0.4, 0.5) is 0 Å².